The quantitative estimate of drug-likeness (QED) is 0.923. The third-order valence-corrected chi connectivity index (χ3v) is 3.40. The average Bonchev–Trinajstić information content (AvgIpc) is 3.00. The van der Waals surface area contributed by atoms with Crippen molar-refractivity contribution in [3.63, 3.8) is 0 Å². The minimum atomic E-state index is 0.399. The Bertz CT molecular complexity index is 567. The van der Waals surface area contributed by atoms with Crippen LogP contribution in [0.2, 0.25) is 0 Å². The highest BCUT2D eigenvalue weighted by molar-refractivity contribution is 5.38. The fourth-order valence-corrected chi connectivity index (χ4v) is 2.35. The van der Waals surface area contributed by atoms with E-state index in [-0.39, 0.29) is 0 Å². The number of hydrogen-bond donors (Lipinski definition) is 1. The standard InChI is InChI=1S/C15H18N4O/c1-11-18-14(13-4-6-20-10-13)7-15(19-11)17-9-12-3-2-5-16-8-12/h2-3,5,7-8,13H,4,6,9-10H2,1H3,(H,17,18,19). The van der Waals surface area contributed by atoms with E-state index >= 15 is 0 Å². The molecule has 0 radical (unpaired) electrons. The number of hydrogen-bond acceptors (Lipinski definition) is 5. The molecule has 1 N–H and O–H groups in total. The number of nitrogens with zero attached hydrogens (tertiary/aromatic N) is 3. The van der Waals surface area contributed by atoms with Crippen molar-refractivity contribution in [1.82, 2.24) is 15.0 Å². The van der Waals surface area contributed by atoms with E-state index < -0.39 is 0 Å². The van der Waals surface area contributed by atoms with Crippen LogP contribution in [0, 0.1) is 6.92 Å². The molecule has 0 aromatic carbocycles. The minimum Gasteiger partial charge on any atom is -0.381 e. The van der Waals surface area contributed by atoms with E-state index in [2.05, 4.69) is 20.3 Å². The van der Waals surface area contributed by atoms with Gasteiger partial charge in [-0.25, -0.2) is 9.97 Å². The van der Waals surface area contributed by atoms with Crippen LogP contribution in [0.25, 0.3) is 0 Å². The maximum Gasteiger partial charge on any atom is 0.130 e. The summed E-state index contributed by atoms with van der Waals surface area (Å²) < 4.78 is 5.43. The fraction of sp³-hybridized carbons (Fsp3) is 0.400. The Morgan fingerprint density at radius 2 is 2.35 bits per heavy atom. The molecule has 1 aliphatic rings. The van der Waals surface area contributed by atoms with E-state index in [4.69, 9.17) is 4.74 Å². The molecule has 1 atom stereocenters. The van der Waals surface area contributed by atoms with Gasteiger partial charge in [0.25, 0.3) is 0 Å². The van der Waals surface area contributed by atoms with E-state index in [1.54, 1.807) is 6.20 Å². The van der Waals surface area contributed by atoms with Gasteiger partial charge in [-0.2, -0.15) is 0 Å². The summed E-state index contributed by atoms with van der Waals surface area (Å²) >= 11 is 0. The summed E-state index contributed by atoms with van der Waals surface area (Å²) in [5.41, 5.74) is 2.21. The van der Waals surface area contributed by atoms with Gasteiger partial charge in [0, 0.05) is 37.5 Å². The molecule has 5 nitrogen and oxygen atoms in total. The third-order valence-electron chi connectivity index (χ3n) is 3.40. The van der Waals surface area contributed by atoms with Crippen LogP contribution in [0.4, 0.5) is 5.82 Å². The lowest BCUT2D eigenvalue weighted by atomic mass is 10.0. The van der Waals surface area contributed by atoms with Crippen molar-refractivity contribution in [2.24, 2.45) is 0 Å². The van der Waals surface area contributed by atoms with Crippen LogP contribution in [-0.2, 0) is 11.3 Å². The van der Waals surface area contributed by atoms with Crippen molar-refractivity contribution in [2.45, 2.75) is 25.8 Å². The SMILES string of the molecule is Cc1nc(NCc2cccnc2)cc(C2CCOC2)n1. The van der Waals surface area contributed by atoms with Crippen molar-refractivity contribution in [3.05, 3.63) is 47.7 Å². The van der Waals surface area contributed by atoms with E-state index in [1.165, 1.54) is 0 Å². The summed E-state index contributed by atoms with van der Waals surface area (Å²) in [6.45, 7) is 4.23. The van der Waals surface area contributed by atoms with Gasteiger partial charge >= 0.3 is 0 Å². The first kappa shape index (κ1) is 13.0. The van der Waals surface area contributed by atoms with Gasteiger partial charge < -0.3 is 10.1 Å². The zero-order valence-corrected chi connectivity index (χ0v) is 11.5. The first-order chi connectivity index (χ1) is 9.81. The molecule has 1 saturated heterocycles. The molecule has 1 unspecified atom stereocenters. The van der Waals surface area contributed by atoms with Crippen LogP contribution in [0.1, 0.15) is 29.4 Å². The molecule has 1 fully saturated rings. The molecule has 3 rings (SSSR count). The number of nitrogens with one attached hydrogen (secondary N) is 1. The Hall–Kier alpha value is -2.01. The molecule has 5 heteroatoms. The second kappa shape index (κ2) is 5.96. The number of ether oxygens (including phenoxy) is 1. The summed E-state index contributed by atoms with van der Waals surface area (Å²) in [5, 5.41) is 3.33. The lowest BCUT2D eigenvalue weighted by Gasteiger charge is -2.11. The molecule has 0 spiro atoms. The molecule has 0 saturated carbocycles. The summed E-state index contributed by atoms with van der Waals surface area (Å²) in [7, 11) is 0. The molecule has 0 bridgehead atoms. The van der Waals surface area contributed by atoms with Crippen molar-refractivity contribution in [2.75, 3.05) is 18.5 Å². The molecule has 1 aliphatic heterocycles. The molecule has 0 aliphatic carbocycles. The van der Waals surface area contributed by atoms with E-state index in [9.17, 15) is 0 Å². The van der Waals surface area contributed by atoms with Gasteiger partial charge in [-0.1, -0.05) is 6.07 Å². The van der Waals surface area contributed by atoms with Crippen LogP contribution >= 0.6 is 0 Å². The van der Waals surface area contributed by atoms with Crippen LogP contribution in [0.5, 0.6) is 0 Å². The molecule has 3 heterocycles. The zero-order chi connectivity index (χ0) is 13.8. The van der Waals surface area contributed by atoms with E-state index in [1.807, 2.05) is 31.3 Å². The highest BCUT2D eigenvalue weighted by atomic mass is 16.5. The van der Waals surface area contributed by atoms with E-state index in [0.29, 0.717) is 12.5 Å². The molecule has 2 aromatic rings. The van der Waals surface area contributed by atoms with E-state index in [0.717, 1.165) is 42.5 Å². The third kappa shape index (κ3) is 3.11. The normalized spacial score (nSPS) is 18.1. The minimum absolute atomic E-state index is 0.399. The highest BCUT2D eigenvalue weighted by Gasteiger charge is 2.20. The smallest absolute Gasteiger partial charge is 0.130 e. The largest absolute Gasteiger partial charge is 0.381 e. The topological polar surface area (TPSA) is 59.9 Å². The summed E-state index contributed by atoms with van der Waals surface area (Å²) in [4.78, 5) is 13.1. The molecular formula is C15H18N4O. The van der Waals surface area contributed by atoms with Crippen LogP contribution < -0.4 is 5.32 Å². The first-order valence-electron chi connectivity index (χ1n) is 6.87. The summed E-state index contributed by atoms with van der Waals surface area (Å²) in [5.74, 6) is 2.06. The van der Waals surface area contributed by atoms with Crippen molar-refractivity contribution < 1.29 is 4.74 Å². The van der Waals surface area contributed by atoms with Gasteiger partial charge in [0.1, 0.15) is 11.6 Å². The Labute approximate surface area is 118 Å². The van der Waals surface area contributed by atoms with Crippen LogP contribution in [-0.4, -0.2) is 28.2 Å². The van der Waals surface area contributed by atoms with Crippen molar-refractivity contribution in [1.29, 1.82) is 0 Å². The van der Waals surface area contributed by atoms with Gasteiger partial charge in [0.15, 0.2) is 0 Å². The van der Waals surface area contributed by atoms with Gasteiger partial charge in [0.2, 0.25) is 0 Å². The average molecular weight is 270 g/mol. The lowest BCUT2D eigenvalue weighted by molar-refractivity contribution is 0.193. The zero-order valence-electron chi connectivity index (χ0n) is 11.5. The molecule has 20 heavy (non-hydrogen) atoms. The van der Waals surface area contributed by atoms with Gasteiger partial charge in [-0.05, 0) is 25.0 Å². The molecule has 104 valence electrons. The summed E-state index contributed by atoms with van der Waals surface area (Å²) in [6.07, 6.45) is 4.67. The number of aromatic nitrogens is 3. The maximum absolute atomic E-state index is 5.43. The Kier molecular flexibility index (Phi) is 3.87. The Morgan fingerprint density at radius 1 is 1.40 bits per heavy atom. The Balaban J connectivity index is 1.72. The molecular weight excluding hydrogens is 252 g/mol. The first-order valence-corrected chi connectivity index (χ1v) is 6.87. The molecule has 2 aromatic heterocycles. The van der Waals surface area contributed by atoms with Gasteiger partial charge in [-0.3, -0.25) is 4.98 Å². The summed E-state index contributed by atoms with van der Waals surface area (Å²) in [6, 6.07) is 6.01. The lowest BCUT2D eigenvalue weighted by Crippen LogP contribution is -2.08. The number of rotatable bonds is 4. The second-order valence-corrected chi connectivity index (χ2v) is 5.00. The van der Waals surface area contributed by atoms with Crippen molar-refractivity contribution in [3.8, 4) is 0 Å². The van der Waals surface area contributed by atoms with Crippen molar-refractivity contribution >= 4 is 5.82 Å². The monoisotopic (exact) mass is 270 g/mol. The predicted molar refractivity (Wildman–Crippen MR) is 76.5 cm³/mol. The second-order valence-electron chi connectivity index (χ2n) is 5.00. The van der Waals surface area contributed by atoms with Gasteiger partial charge in [0.05, 0.1) is 12.3 Å². The van der Waals surface area contributed by atoms with Gasteiger partial charge in [-0.15, -0.1) is 0 Å². The van der Waals surface area contributed by atoms with Crippen LogP contribution in [0.15, 0.2) is 30.6 Å². The fourth-order valence-electron chi connectivity index (χ4n) is 2.35. The number of anilines is 1. The number of aryl methyl sites for hydroxylation is 1. The number of pyridine rings is 1. The van der Waals surface area contributed by atoms with Crippen LogP contribution in [0.3, 0.4) is 0 Å². The maximum atomic E-state index is 5.43. The molecule has 0 amide bonds. The predicted octanol–water partition coefficient (Wildman–Crippen LogP) is 2.30. The highest BCUT2D eigenvalue weighted by Crippen LogP contribution is 2.25. The Morgan fingerprint density at radius 3 is 3.10 bits per heavy atom.